The molecule has 1 fully saturated rings. The van der Waals surface area contributed by atoms with E-state index in [1.54, 1.807) is 0 Å². The molecule has 0 heterocycles. The number of carboxylic acid groups (broad SMARTS) is 1. The molecule has 12 heavy (non-hydrogen) atoms. The summed E-state index contributed by atoms with van der Waals surface area (Å²) < 4.78 is 0. The molecule has 1 rings (SSSR count). The fourth-order valence-electron chi connectivity index (χ4n) is 1.80. The molecule has 3 heteroatoms. The van der Waals surface area contributed by atoms with Crippen LogP contribution in [0.1, 0.15) is 39.0 Å². The van der Waals surface area contributed by atoms with Crippen molar-refractivity contribution in [3.63, 3.8) is 0 Å². The van der Waals surface area contributed by atoms with Crippen molar-refractivity contribution in [2.24, 2.45) is 0 Å². The van der Waals surface area contributed by atoms with Crippen molar-refractivity contribution in [3.8, 4) is 0 Å². The summed E-state index contributed by atoms with van der Waals surface area (Å²) in [5.74, 6) is -0.718. The quantitative estimate of drug-likeness (QED) is 0.672. The molecule has 0 bridgehead atoms. The molecule has 0 unspecified atom stereocenters. The minimum absolute atomic E-state index is 0.218. The number of nitrogens with one attached hydrogen (secondary N) is 1. The minimum Gasteiger partial charge on any atom is -0.481 e. The molecule has 1 saturated carbocycles. The average Bonchev–Trinajstić information content (AvgIpc) is 2.35. The molecule has 0 aromatic heterocycles. The van der Waals surface area contributed by atoms with Gasteiger partial charge in [0, 0.05) is 12.1 Å². The Morgan fingerprint density at radius 3 is 2.58 bits per heavy atom. The van der Waals surface area contributed by atoms with Gasteiger partial charge in [0.15, 0.2) is 0 Å². The van der Waals surface area contributed by atoms with E-state index in [2.05, 4.69) is 12.2 Å². The summed E-state index contributed by atoms with van der Waals surface area (Å²) in [6, 6.07) is 0. The normalized spacial score (nSPS) is 21.1. The van der Waals surface area contributed by atoms with Gasteiger partial charge in [0.05, 0.1) is 6.42 Å². The number of aliphatic carboxylic acids is 1. The fourth-order valence-corrected chi connectivity index (χ4v) is 1.80. The predicted octanol–water partition coefficient (Wildman–Crippen LogP) is 1.38. The molecular formula is C9H17NO2. The number of hydrogen-bond donors (Lipinski definition) is 2. The van der Waals surface area contributed by atoms with Gasteiger partial charge >= 0.3 is 5.97 Å². The summed E-state index contributed by atoms with van der Waals surface area (Å²) in [5.41, 5.74) is 0.218. The molecule has 2 N–H and O–H groups in total. The molecule has 0 saturated heterocycles. The Kier molecular flexibility index (Phi) is 3.09. The first-order chi connectivity index (χ1) is 5.62. The monoisotopic (exact) mass is 171 g/mol. The van der Waals surface area contributed by atoms with Crippen LogP contribution in [0, 0.1) is 0 Å². The molecule has 3 nitrogen and oxygen atoms in total. The van der Waals surface area contributed by atoms with Crippen molar-refractivity contribution in [3.05, 3.63) is 0 Å². The van der Waals surface area contributed by atoms with Crippen molar-refractivity contribution in [1.29, 1.82) is 0 Å². The lowest BCUT2D eigenvalue weighted by molar-refractivity contribution is -0.136. The SMILES string of the molecule is CC1(NCCC(=O)O)CCCC1. The van der Waals surface area contributed by atoms with Crippen molar-refractivity contribution >= 4 is 5.97 Å². The predicted molar refractivity (Wildman–Crippen MR) is 47.1 cm³/mol. The highest BCUT2D eigenvalue weighted by Gasteiger charge is 2.27. The molecule has 70 valence electrons. The molecule has 0 atom stereocenters. The molecular weight excluding hydrogens is 154 g/mol. The van der Waals surface area contributed by atoms with E-state index in [9.17, 15) is 4.79 Å². The van der Waals surface area contributed by atoms with Gasteiger partial charge in [-0.05, 0) is 19.8 Å². The summed E-state index contributed by atoms with van der Waals surface area (Å²) in [6.07, 6.45) is 5.15. The van der Waals surface area contributed by atoms with E-state index in [0.29, 0.717) is 6.54 Å². The van der Waals surface area contributed by atoms with Crippen LogP contribution in [-0.4, -0.2) is 23.2 Å². The van der Waals surface area contributed by atoms with Crippen molar-refractivity contribution in [2.75, 3.05) is 6.54 Å². The molecule has 0 spiro atoms. The Balaban J connectivity index is 2.17. The van der Waals surface area contributed by atoms with Crippen LogP contribution in [0.3, 0.4) is 0 Å². The summed E-state index contributed by atoms with van der Waals surface area (Å²) in [6.45, 7) is 2.79. The second-order valence-corrected chi connectivity index (χ2v) is 3.84. The molecule has 1 aliphatic rings. The van der Waals surface area contributed by atoms with Crippen molar-refractivity contribution in [1.82, 2.24) is 5.32 Å². The van der Waals surface area contributed by atoms with Gasteiger partial charge < -0.3 is 10.4 Å². The van der Waals surface area contributed by atoms with E-state index in [0.717, 1.165) is 0 Å². The van der Waals surface area contributed by atoms with Crippen molar-refractivity contribution in [2.45, 2.75) is 44.6 Å². The van der Waals surface area contributed by atoms with Gasteiger partial charge in [-0.3, -0.25) is 4.79 Å². The third kappa shape index (κ3) is 2.81. The van der Waals surface area contributed by atoms with E-state index < -0.39 is 5.97 Å². The highest BCUT2D eigenvalue weighted by molar-refractivity contribution is 5.66. The maximum atomic E-state index is 10.2. The van der Waals surface area contributed by atoms with Gasteiger partial charge in [0.2, 0.25) is 0 Å². The second kappa shape index (κ2) is 3.90. The van der Waals surface area contributed by atoms with Crippen LogP contribution in [0.5, 0.6) is 0 Å². The van der Waals surface area contributed by atoms with Crippen LogP contribution in [0.2, 0.25) is 0 Å². The van der Waals surface area contributed by atoms with Gasteiger partial charge in [-0.1, -0.05) is 12.8 Å². The second-order valence-electron chi connectivity index (χ2n) is 3.84. The maximum absolute atomic E-state index is 10.2. The summed E-state index contributed by atoms with van der Waals surface area (Å²) in [4.78, 5) is 10.2. The molecule has 0 amide bonds. The van der Waals surface area contributed by atoms with Crippen LogP contribution < -0.4 is 5.32 Å². The average molecular weight is 171 g/mol. The van der Waals surface area contributed by atoms with Gasteiger partial charge in [-0.25, -0.2) is 0 Å². The topological polar surface area (TPSA) is 49.3 Å². The van der Waals surface area contributed by atoms with E-state index >= 15 is 0 Å². The first-order valence-electron chi connectivity index (χ1n) is 4.59. The number of hydrogen-bond acceptors (Lipinski definition) is 2. The largest absolute Gasteiger partial charge is 0.481 e. The van der Waals surface area contributed by atoms with Crippen LogP contribution >= 0.6 is 0 Å². The Bertz CT molecular complexity index is 162. The smallest absolute Gasteiger partial charge is 0.304 e. The lowest BCUT2D eigenvalue weighted by Gasteiger charge is -2.24. The molecule has 0 aromatic rings. The Morgan fingerprint density at radius 2 is 2.08 bits per heavy atom. The first kappa shape index (κ1) is 9.52. The number of rotatable bonds is 4. The van der Waals surface area contributed by atoms with Crippen LogP contribution in [0.15, 0.2) is 0 Å². The number of carboxylic acids is 1. The van der Waals surface area contributed by atoms with Crippen LogP contribution in [0.25, 0.3) is 0 Å². The zero-order chi connectivity index (χ0) is 9.03. The fraction of sp³-hybridized carbons (Fsp3) is 0.889. The Labute approximate surface area is 73.2 Å². The molecule has 0 aliphatic heterocycles. The van der Waals surface area contributed by atoms with E-state index in [4.69, 9.17) is 5.11 Å². The van der Waals surface area contributed by atoms with Crippen LogP contribution in [-0.2, 0) is 4.79 Å². The third-order valence-corrected chi connectivity index (χ3v) is 2.60. The van der Waals surface area contributed by atoms with Gasteiger partial charge in [0.25, 0.3) is 0 Å². The minimum atomic E-state index is -0.718. The van der Waals surface area contributed by atoms with Crippen LogP contribution in [0.4, 0.5) is 0 Å². The summed E-state index contributed by atoms with van der Waals surface area (Å²) in [7, 11) is 0. The van der Waals surface area contributed by atoms with Crippen molar-refractivity contribution < 1.29 is 9.90 Å². The van der Waals surface area contributed by atoms with Gasteiger partial charge in [-0.2, -0.15) is 0 Å². The maximum Gasteiger partial charge on any atom is 0.304 e. The van der Waals surface area contributed by atoms with E-state index in [1.807, 2.05) is 0 Å². The van der Waals surface area contributed by atoms with E-state index in [-0.39, 0.29) is 12.0 Å². The lowest BCUT2D eigenvalue weighted by atomic mass is 10.0. The lowest BCUT2D eigenvalue weighted by Crippen LogP contribution is -2.40. The molecule has 1 aliphatic carbocycles. The van der Waals surface area contributed by atoms with Gasteiger partial charge in [0.1, 0.15) is 0 Å². The zero-order valence-electron chi connectivity index (χ0n) is 7.60. The Morgan fingerprint density at radius 1 is 1.50 bits per heavy atom. The standard InChI is InChI=1S/C9H17NO2/c1-9(5-2-3-6-9)10-7-4-8(11)12/h10H,2-7H2,1H3,(H,11,12). The third-order valence-electron chi connectivity index (χ3n) is 2.60. The zero-order valence-corrected chi connectivity index (χ0v) is 7.60. The first-order valence-corrected chi connectivity index (χ1v) is 4.59. The highest BCUT2D eigenvalue weighted by atomic mass is 16.4. The summed E-state index contributed by atoms with van der Waals surface area (Å²) in [5, 5.41) is 11.7. The Hall–Kier alpha value is -0.570. The number of carbonyl (C=O) groups is 1. The highest BCUT2D eigenvalue weighted by Crippen LogP contribution is 2.28. The van der Waals surface area contributed by atoms with Gasteiger partial charge in [-0.15, -0.1) is 0 Å². The molecule has 0 aromatic carbocycles. The van der Waals surface area contributed by atoms with E-state index in [1.165, 1.54) is 25.7 Å². The molecule has 0 radical (unpaired) electrons. The summed E-state index contributed by atoms with van der Waals surface area (Å²) >= 11 is 0.